The van der Waals surface area contributed by atoms with Gasteiger partial charge in [0.1, 0.15) is 28.7 Å². The number of H-pyrrole nitrogens is 1. The molecular formula is C23H22F2N6O. The highest BCUT2D eigenvalue weighted by atomic mass is 19.1. The fourth-order valence-electron chi connectivity index (χ4n) is 4.19. The van der Waals surface area contributed by atoms with Gasteiger partial charge < -0.3 is 4.74 Å². The lowest BCUT2D eigenvalue weighted by Gasteiger charge is -2.33. The van der Waals surface area contributed by atoms with E-state index < -0.39 is 11.6 Å². The second kappa shape index (κ2) is 7.98. The highest BCUT2D eigenvalue weighted by molar-refractivity contribution is 5.87. The first-order valence-corrected chi connectivity index (χ1v) is 10.5. The number of aryl methyl sites for hydroxylation is 2. The molecule has 5 rings (SSSR count). The van der Waals surface area contributed by atoms with Gasteiger partial charge in [0.25, 0.3) is 0 Å². The SMILES string of the molecule is Cc1nc2nc([C@@H]3C[C@@H](C)O[C@@H](c4cn[nH]c4)C3)nc(-c3ccc(F)cc3F)c2nc1C. The van der Waals surface area contributed by atoms with Gasteiger partial charge in [-0.2, -0.15) is 5.10 Å². The molecule has 0 amide bonds. The maximum atomic E-state index is 14.7. The number of fused-ring (bicyclic) bond motifs is 1. The summed E-state index contributed by atoms with van der Waals surface area (Å²) in [5.41, 5.74) is 3.69. The number of benzene rings is 1. The molecule has 0 spiro atoms. The van der Waals surface area contributed by atoms with Crippen LogP contribution in [0.4, 0.5) is 8.78 Å². The van der Waals surface area contributed by atoms with E-state index in [-0.39, 0.29) is 23.7 Å². The van der Waals surface area contributed by atoms with E-state index in [0.29, 0.717) is 41.2 Å². The summed E-state index contributed by atoms with van der Waals surface area (Å²) in [5, 5.41) is 6.84. The summed E-state index contributed by atoms with van der Waals surface area (Å²) in [6.45, 7) is 5.69. The van der Waals surface area contributed by atoms with Crippen LogP contribution in [0.2, 0.25) is 0 Å². The second-order valence-corrected chi connectivity index (χ2v) is 8.26. The van der Waals surface area contributed by atoms with E-state index in [4.69, 9.17) is 14.7 Å². The number of ether oxygens (including phenoxy) is 1. The molecule has 3 aromatic heterocycles. The van der Waals surface area contributed by atoms with Gasteiger partial charge in [0.2, 0.25) is 0 Å². The largest absolute Gasteiger partial charge is 0.370 e. The van der Waals surface area contributed by atoms with Crippen LogP contribution < -0.4 is 0 Å². The molecule has 1 saturated heterocycles. The molecule has 4 heterocycles. The molecule has 1 aliphatic rings. The Kier molecular flexibility index (Phi) is 5.13. The topological polar surface area (TPSA) is 89.5 Å². The van der Waals surface area contributed by atoms with Gasteiger partial charge in [-0.05, 0) is 45.7 Å². The van der Waals surface area contributed by atoms with Crippen molar-refractivity contribution in [2.45, 2.75) is 51.7 Å². The van der Waals surface area contributed by atoms with Crippen LogP contribution in [0, 0.1) is 25.5 Å². The summed E-state index contributed by atoms with van der Waals surface area (Å²) < 4.78 is 34.4. The van der Waals surface area contributed by atoms with E-state index in [1.54, 1.807) is 6.20 Å². The van der Waals surface area contributed by atoms with Crippen molar-refractivity contribution in [1.82, 2.24) is 30.1 Å². The van der Waals surface area contributed by atoms with Gasteiger partial charge >= 0.3 is 0 Å². The molecule has 3 atom stereocenters. The average Bonchev–Trinajstić information content (AvgIpc) is 3.29. The van der Waals surface area contributed by atoms with Gasteiger partial charge in [-0.15, -0.1) is 0 Å². The van der Waals surface area contributed by atoms with Crippen molar-refractivity contribution in [1.29, 1.82) is 0 Å². The molecule has 0 saturated carbocycles. The lowest BCUT2D eigenvalue weighted by atomic mass is 9.89. The first-order chi connectivity index (χ1) is 15.4. The van der Waals surface area contributed by atoms with Gasteiger partial charge in [-0.3, -0.25) is 5.10 Å². The van der Waals surface area contributed by atoms with E-state index in [9.17, 15) is 8.78 Å². The molecular weight excluding hydrogens is 414 g/mol. The molecule has 0 aliphatic carbocycles. The normalized spacial score (nSPS) is 21.2. The van der Waals surface area contributed by atoms with E-state index >= 15 is 0 Å². The minimum absolute atomic E-state index is 0.0233. The number of aromatic nitrogens is 6. The van der Waals surface area contributed by atoms with Crippen LogP contribution in [0.25, 0.3) is 22.4 Å². The predicted octanol–water partition coefficient (Wildman–Crippen LogP) is 4.73. The van der Waals surface area contributed by atoms with Crippen LogP contribution in [0.15, 0.2) is 30.6 Å². The monoisotopic (exact) mass is 436 g/mol. The Morgan fingerprint density at radius 1 is 1.03 bits per heavy atom. The summed E-state index contributed by atoms with van der Waals surface area (Å²) in [5.74, 6) is -0.831. The van der Waals surface area contributed by atoms with E-state index in [0.717, 1.165) is 17.3 Å². The van der Waals surface area contributed by atoms with E-state index in [1.165, 1.54) is 12.1 Å². The van der Waals surface area contributed by atoms with Gasteiger partial charge in [-0.1, -0.05) is 0 Å². The average molecular weight is 436 g/mol. The van der Waals surface area contributed by atoms with Crippen molar-refractivity contribution >= 4 is 11.2 Å². The van der Waals surface area contributed by atoms with Crippen LogP contribution in [-0.2, 0) is 4.74 Å². The smallest absolute Gasteiger partial charge is 0.182 e. The third-order valence-electron chi connectivity index (χ3n) is 5.91. The standard InChI is InChI=1S/C23H22F2N6O/c1-11-6-14(7-19(32-11)15-9-26-27-10-15)22-30-20(17-5-4-16(24)8-18(17)25)21-23(31-22)29-13(3)12(2)28-21/h4-5,8-11,14,19H,6-7H2,1-3H3,(H,26,27)/t11-,14-,19-/m1/s1. The Morgan fingerprint density at radius 2 is 1.84 bits per heavy atom. The first-order valence-electron chi connectivity index (χ1n) is 10.5. The quantitative estimate of drug-likeness (QED) is 0.499. The molecule has 4 aromatic rings. The van der Waals surface area contributed by atoms with Crippen molar-refractivity contribution in [3.8, 4) is 11.3 Å². The fraction of sp³-hybridized carbons (Fsp3) is 0.348. The predicted molar refractivity (Wildman–Crippen MR) is 114 cm³/mol. The van der Waals surface area contributed by atoms with Gasteiger partial charge in [0.15, 0.2) is 5.65 Å². The van der Waals surface area contributed by atoms with Crippen LogP contribution in [0.5, 0.6) is 0 Å². The lowest BCUT2D eigenvalue weighted by Crippen LogP contribution is -2.26. The third kappa shape index (κ3) is 3.73. The molecule has 164 valence electrons. The summed E-state index contributed by atoms with van der Waals surface area (Å²) in [4.78, 5) is 18.7. The molecule has 1 aliphatic heterocycles. The zero-order valence-electron chi connectivity index (χ0n) is 17.9. The summed E-state index contributed by atoms with van der Waals surface area (Å²) >= 11 is 0. The second-order valence-electron chi connectivity index (χ2n) is 8.26. The molecule has 9 heteroatoms. The molecule has 32 heavy (non-hydrogen) atoms. The zero-order chi connectivity index (χ0) is 22.4. The molecule has 0 radical (unpaired) electrons. The van der Waals surface area contributed by atoms with E-state index in [1.807, 2.05) is 27.0 Å². The highest BCUT2D eigenvalue weighted by Crippen LogP contribution is 2.40. The maximum Gasteiger partial charge on any atom is 0.182 e. The van der Waals surface area contributed by atoms with Crippen molar-refractivity contribution in [2.24, 2.45) is 0 Å². The first kappa shape index (κ1) is 20.6. The Labute approximate surface area is 183 Å². The highest BCUT2D eigenvalue weighted by Gasteiger charge is 2.32. The molecule has 0 bridgehead atoms. The Bertz CT molecular complexity index is 1290. The molecule has 1 fully saturated rings. The number of aromatic amines is 1. The summed E-state index contributed by atoms with van der Waals surface area (Å²) in [7, 11) is 0. The van der Waals surface area contributed by atoms with Gasteiger partial charge in [0.05, 0.1) is 29.8 Å². The molecule has 1 N–H and O–H groups in total. The number of hydrogen-bond acceptors (Lipinski definition) is 6. The number of nitrogens with zero attached hydrogens (tertiary/aromatic N) is 5. The Hall–Kier alpha value is -3.33. The van der Waals surface area contributed by atoms with E-state index in [2.05, 4.69) is 20.2 Å². The Morgan fingerprint density at radius 3 is 2.59 bits per heavy atom. The zero-order valence-corrected chi connectivity index (χ0v) is 17.9. The van der Waals surface area contributed by atoms with Crippen molar-refractivity contribution in [3.63, 3.8) is 0 Å². The van der Waals surface area contributed by atoms with Crippen molar-refractivity contribution in [3.05, 3.63) is 65.0 Å². The van der Waals surface area contributed by atoms with Crippen LogP contribution in [0.1, 0.15) is 54.6 Å². The number of hydrogen-bond donors (Lipinski definition) is 1. The van der Waals surface area contributed by atoms with Gasteiger partial charge in [0, 0.05) is 29.3 Å². The third-order valence-corrected chi connectivity index (χ3v) is 5.91. The lowest BCUT2D eigenvalue weighted by molar-refractivity contribution is -0.0511. The summed E-state index contributed by atoms with van der Waals surface area (Å²) in [6, 6.07) is 3.45. The minimum Gasteiger partial charge on any atom is -0.370 e. The molecule has 0 unspecified atom stereocenters. The van der Waals surface area contributed by atoms with Crippen molar-refractivity contribution in [2.75, 3.05) is 0 Å². The molecule has 7 nitrogen and oxygen atoms in total. The van der Waals surface area contributed by atoms with Crippen LogP contribution in [-0.4, -0.2) is 36.2 Å². The van der Waals surface area contributed by atoms with Gasteiger partial charge in [-0.25, -0.2) is 28.7 Å². The summed E-state index contributed by atoms with van der Waals surface area (Å²) in [6.07, 6.45) is 4.75. The Balaban J connectivity index is 1.66. The van der Waals surface area contributed by atoms with Crippen LogP contribution >= 0.6 is 0 Å². The number of rotatable bonds is 3. The number of halogens is 2. The van der Waals surface area contributed by atoms with Crippen LogP contribution in [0.3, 0.4) is 0 Å². The maximum absolute atomic E-state index is 14.7. The number of nitrogens with one attached hydrogen (secondary N) is 1. The fourth-order valence-corrected chi connectivity index (χ4v) is 4.19. The minimum atomic E-state index is -0.701. The molecule has 1 aromatic carbocycles. The van der Waals surface area contributed by atoms with Crippen molar-refractivity contribution < 1.29 is 13.5 Å².